The molecule has 0 aliphatic carbocycles. The molecule has 1 aromatic rings. The lowest BCUT2D eigenvalue weighted by atomic mass is 10.2. The van der Waals surface area contributed by atoms with Gasteiger partial charge in [-0.15, -0.1) is 0 Å². The largest absolute Gasteiger partial charge is 0.475 e. The van der Waals surface area contributed by atoms with Gasteiger partial charge in [-0.3, -0.25) is 0 Å². The summed E-state index contributed by atoms with van der Waals surface area (Å²) in [7, 11) is 1.65. The zero-order valence-electron chi connectivity index (χ0n) is 11.1. The molecule has 18 heavy (non-hydrogen) atoms. The average molecular weight is 254 g/mol. The Kier molecular flexibility index (Phi) is 8.12. The fourth-order valence-electron chi connectivity index (χ4n) is 1.39. The van der Waals surface area contributed by atoms with Crippen LogP contribution in [0.15, 0.2) is 18.3 Å². The molecule has 0 atom stereocenters. The Morgan fingerprint density at radius 2 is 2.06 bits per heavy atom. The van der Waals surface area contributed by atoms with Gasteiger partial charge in [-0.25, -0.2) is 4.98 Å². The molecule has 0 saturated carbocycles. The van der Waals surface area contributed by atoms with Crippen molar-refractivity contribution >= 4 is 0 Å². The predicted octanol–water partition coefficient (Wildman–Crippen LogP) is 1.23. The fraction of sp³-hybridized carbons (Fsp3) is 0.615. The van der Waals surface area contributed by atoms with Gasteiger partial charge in [0.1, 0.15) is 6.61 Å². The minimum absolute atomic E-state index is 0.500. The quantitative estimate of drug-likeness (QED) is 0.637. The van der Waals surface area contributed by atoms with Gasteiger partial charge in [-0.2, -0.15) is 0 Å². The van der Waals surface area contributed by atoms with Gasteiger partial charge in [0.25, 0.3) is 0 Å². The first-order valence-electron chi connectivity index (χ1n) is 6.22. The third-order valence-corrected chi connectivity index (χ3v) is 2.31. The number of hydrogen-bond acceptors (Lipinski definition) is 5. The van der Waals surface area contributed by atoms with E-state index in [1.165, 1.54) is 0 Å². The molecule has 0 aliphatic rings. The van der Waals surface area contributed by atoms with Crippen molar-refractivity contribution < 1.29 is 14.2 Å². The molecule has 1 N–H and O–H groups in total. The Labute approximate surface area is 108 Å². The SMILES string of the molecule is CCNCc1cccnc1OCCOCCOC. The third kappa shape index (κ3) is 5.95. The molecule has 0 aromatic carbocycles. The van der Waals surface area contributed by atoms with Crippen molar-refractivity contribution in [2.45, 2.75) is 13.5 Å². The maximum Gasteiger partial charge on any atom is 0.217 e. The second kappa shape index (κ2) is 9.82. The third-order valence-electron chi connectivity index (χ3n) is 2.31. The van der Waals surface area contributed by atoms with Crippen LogP contribution in [0, 0.1) is 0 Å². The van der Waals surface area contributed by atoms with Crippen molar-refractivity contribution in [3.05, 3.63) is 23.9 Å². The van der Waals surface area contributed by atoms with Crippen LogP contribution in [0.2, 0.25) is 0 Å². The molecule has 1 heterocycles. The van der Waals surface area contributed by atoms with E-state index in [0.717, 1.165) is 18.7 Å². The number of nitrogens with zero attached hydrogens (tertiary/aromatic N) is 1. The van der Waals surface area contributed by atoms with Crippen molar-refractivity contribution in [2.75, 3.05) is 40.1 Å². The van der Waals surface area contributed by atoms with Gasteiger partial charge in [-0.05, 0) is 12.6 Å². The average Bonchev–Trinajstić information content (AvgIpc) is 2.41. The Morgan fingerprint density at radius 3 is 2.83 bits per heavy atom. The molecule has 1 aromatic heterocycles. The number of methoxy groups -OCH3 is 1. The molecule has 0 fully saturated rings. The molecular weight excluding hydrogens is 232 g/mol. The van der Waals surface area contributed by atoms with Crippen LogP contribution in [-0.4, -0.2) is 45.1 Å². The highest BCUT2D eigenvalue weighted by atomic mass is 16.5. The number of ether oxygens (including phenoxy) is 3. The highest BCUT2D eigenvalue weighted by Gasteiger charge is 2.03. The zero-order chi connectivity index (χ0) is 13.1. The topological polar surface area (TPSA) is 52.6 Å². The number of nitrogens with one attached hydrogen (secondary N) is 1. The Morgan fingerprint density at radius 1 is 1.22 bits per heavy atom. The molecule has 5 heteroatoms. The highest BCUT2D eigenvalue weighted by molar-refractivity contribution is 5.25. The molecule has 0 spiro atoms. The molecule has 0 aliphatic heterocycles. The van der Waals surface area contributed by atoms with Crippen LogP contribution in [0.5, 0.6) is 5.88 Å². The Bertz CT molecular complexity index is 321. The summed E-state index contributed by atoms with van der Waals surface area (Å²) in [4.78, 5) is 4.22. The van der Waals surface area contributed by atoms with Gasteiger partial charge in [0.15, 0.2) is 0 Å². The summed E-state index contributed by atoms with van der Waals surface area (Å²) in [5.74, 6) is 0.675. The van der Waals surface area contributed by atoms with Crippen molar-refractivity contribution in [3.63, 3.8) is 0 Å². The van der Waals surface area contributed by atoms with Gasteiger partial charge in [0, 0.05) is 25.4 Å². The van der Waals surface area contributed by atoms with Gasteiger partial charge >= 0.3 is 0 Å². The highest BCUT2D eigenvalue weighted by Crippen LogP contribution is 2.13. The van der Waals surface area contributed by atoms with Crippen LogP contribution in [0.3, 0.4) is 0 Å². The minimum atomic E-state index is 0.500. The van der Waals surface area contributed by atoms with Gasteiger partial charge in [0.2, 0.25) is 5.88 Å². The number of hydrogen-bond donors (Lipinski definition) is 1. The summed E-state index contributed by atoms with van der Waals surface area (Å²) in [5.41, 5.74) is 1.07. The lowest BCUT2D eigenvalue weighted by Gasteiger charge is -2.10. The molecule has 0 unspecified atom stereocenters. The molecule has 1 rings (SSSR count). The van der Waals surface area contributed by atoms with Crippen LogP contribution in [0.1, 0.15) is 12.5 Å². The van der Waals surface area contributed by atoms with Crippen molar-refractivity contribution in [1.82, 2.24) is 10.3 Å². The molecule has 0 bridgehead atoms. The van der Waals surface area contributed by atoms with E-state index in [1.807, 2.05) is 12.1 Å². The lowest BCUT2D eigenvalue weighted by molar-refractivity contribution is 0.0535. The number of rotatable bonds is 10. The van der Waals surface area contributed by atoms with Gasteiger partial charge < -0.3 is 19.5 Å². The molecule has 5 nitrogen and oxygen atoms in total. The van der Waals surface area contributed by atoms with Gasteiger partial charge in [-0.1, -0.05) is 13.0 Å². The van der Waals surface area contributed by atoms with E-state index in [2.05, 4.69) is 17.2 Å². The molecular formula is C13H22N2O3. The molecule has 102 valence electrons. The number of aromatic nitrogens is 1. The van der Waals surface area contributed by atoms with Crippen molar-refractivity contribution in [1.29, 1.82) is 0 Å². The molecule has 0 radical (unpaired) electrons. The van der Waals surface area contributed by atoms with Crippen molar-refractivity contribution in [2.24, 2.45) is 0 Å². The van der Waals surface area contributed by atoms with E-state index in [0.29, 0.717) is 32.3 Å². The first-order chi connectivity index (χ1) is 8.88. The van der Waals surface area contributed by atoms with Gasteiger partial charge in [0.05, 0.1) is 19.8 Å². The van der Waals surface area contributed by atoms with E-state index in [-0.39, 0.29) is 0 Å². The maximum absolute atomic E-state index is 5.60. The second-order valence-electron chi connectivity index (χ2n) is 3.70. The summed E-state index contributed by atoms with van der Waals surface area (Å²) < 4.78 is 15.8. The molecule has 0 saturated heterocycles. The Hall–Kier alpha value is -1.17. The summed E-state index contributed by atoms with van der Waals surface area (Å²) in [6.07, 6.45) is 1.73. The summed E-state index contributed by atoms with van der Waals surface area (Å²) in [6, 6.07) is 3.92. The van der Waals surface area contributed by atoms with E-state index in [4.69, 9.17) is 14.2 Å². The predicted molar refractivity (Wildman–Crippen MR) is 69.8 cm³/mol. The van der Waals surface area contributed by atoms with Crippen LogP contribution in [-0.2, 0) is 16.0 Å². The van der Waals surface area contributed by atoms with E-state index < -0.39 is 0 Å². The first-order valence-corrected chi connectivity index (χ1v) is 6.22. The maximum atomic E-state index is 5.60. The molecule has 0 amide bonds. The standard InChI is InChI=1S/C13H22N2O3/c1-3-14-11-12-5-4-6-15-13(12)18-10-9-17-8-7-16-2/h4-6,14H,3,7-11H2,1-2H3. The monoisotopic (exact) mass is 254 g/mol. The lowest BCUT2D eigenvalue weighted by Crippen LogP contribution is -2.15. The Balaban J connectivity index is 2.27. The second-order valence-corrected chi connectivity index (χ2v) is 3.70. The van der Waals surface area contributed by atoms with E-state index in [1.54, 1.807) is 13.3 Å². The number of pyridine rings is 1. The summed E-state index contributed by atoms with van der Waals surface area (Å²) in [6.45, 7) is 6.00. The van der Waals surface area contributed by atoms with Crippen LogP contribution in [0.4, 0.5) is 0 Å². The smallest absolute Gasteiger partial charge is 0.217 e. The summed E-state index contributed by atoms with van der Waals surface area (Å²) in [5, 5.41) is 3.26. The summed E-state index contributed by atoms with van der Waals surface area (Å²) >= 11 is 0. The normalized spacial score (nSPS) is 10.6. The minimum Gasteiger partial charge on any atom is -0.475 e. The van der Waals surface area contributed by atoms with E-state index in [9.17, 15) is 0 Å². The first kappa shape index (κ1) is 14.9. The zero-order valence-corrected chi connectivity index (χ0v) is 11.1. The van der Waals surface area contributed by atoms with Crippen LogP contribution in [0.25, 0.3) is 0 Å². The van der Waals surface area contributed by atoms with Crippen molar-refractivity contribution in [3.8, 4) is 5.88 Å². The fourth-order valence-corrected chi connectivity index (χ4v) is 1.39. The van der Waals surface area contributed by atoms with Crippen LogP contribution < -0.4 is 10.1 Å². The van der Waals surface area contributed by atoms with Crippen LogP contribution >= 0.6 is 0 Å². The van der Waals surface area contributed by atoms with E-state index >= 15 is 0 Å².